The van der Waals surface area contributed by atoms with Crippen molar-refractivity contribution in [3.05, 3.63) is 180 Å². The van der Waals surface area contributed by atoms with E-state index in [1.165, 1.54) is 110 Å². The summed E-state index contributed by atoms with van der Waals surface area (Å²) in [6.07, 6.45) is 0. The van der Waals surface area contributed by atoms with E-state index in [4.69, 9.17) is 9.47 Å². The monoisotopic (exact) mass is 984 g/mol. The zero-order chi connectivity index (χ0) is 52.3. The fourth-order valence-corrected chi connectivity index (χ4v) is 13.5. The minimum Gasteiger partial charge on any atom is -0.458 e. The lowest BCUT2D eigenvalue weighted by molar-refractivity contribution is 0.465. The first-order chi connectivity index (χ1) is 36.2. The highest BCUT2D eigenvalue weighted by atomic mass is 16.5. The van der Waals surface area contributed by atoms with Crippen LogP contribution in [0.1, 0.15) is 105 Å². The van der Waals surface area contributed by atoms with E-state index in [0.29, 0.717) is 0 Å². The molecule has 0 fully saturated rings. The van der Waals surface area contributed by atoms with Crippen LogP contribution in [0.5, 0.6) is 23.0 Å². The number of benzene rings is 9. The van der Waals surface area contributed by atoms with Crippen molar-refractivity contribution in [3.63, 3.8) is 0 Å². The first kappa shape index (κ1) is 45.7. The highest BCUT2D eigenvalue weighted by Gasteiger charge is 2.47. The molecule has 0 aliphatic carbocycles. The van der Waals surface area contributed by atoms with Crippen LogP contribution in [-0.4, -0.2) is 22.6 Å². The van der Waals surface area contributed by atoms with Gasteiger partial charge < -0.3 is 18.6 Å². The van der Waals surface area contributed by atoms with Crippen LogP contribution in [0.3, 0.4) is 0 Å². The molecule has 370 valence electrons. The third kappa shape index (κ3) is 6.39. The summed E-state index contributed by atoms with van der Waals surface area (Å²) in [5.74, 6) is 3.47. The molecule has 0 N–H and O–H groups in total. The van der Waals surface area contributed by atoms with Gasteiger partial charge >= 0.3 is 0 Å². The van der Waals surface area contributed by atoms with E-state index >= 15 is 0 Å². The first-order valence-electron chi connectivity index (χ1n) is 27.5. The molecule has 0 amide bonds. The number of hydrogen-bond donors (Lipinski definition) is 0. The number of aromatic nitrogens is 2. The Kier molecular flexibility index (Phi) is 9.04. The zero-order valence-corrected chi connectivity index (χ0v) is 45.9. The Hall–Kier alpha value is -7.69. The lowest BCUT2D eigenvalue weighted by Gasteiger charge is -2.38. The van der Waals surface area contributed by atoms with Crippen LogP contribution in [0.4, 0.5) is 0 Å². The molecule has 15 rings (SSSR count). The van der Waals surface area contributed by atoms with Crippen LogP contribution in [-0.2, 0) is 21.7 Å². The maximum atomic E-state index is 7.46. The van der Waals surface area contributed by atoms with Crippen molar-refractivity contribution in [2.24, 2.45) is 0 Å². The maximum absolute atomic E-state index is 7.46. The van der Waals surface area contributed by atoms with Crippen molar-refractivity contribution < 1.29 is 9.47 Å². The highest BCUT2D eigenvalue weighted by Crippen LogP contribution is 2.46. The Morgan fingerprint density at radius 3 is 1.08 bits per heavy atom. The summed E-state index contributed by atoms with van der Waals surface area (Å²) in [4.78, 5) is 0. The van der Waals surface area contributed by atoms with Gasteiger partial charge in [-0.05, 0) is 160 Å². The summed E-state index contributed by atoms with van der Waals surface area (Å²) in [5.41, 5.74) is 24.5. The Labute approximate surface area is 447 Å². The Morgan fingerprint density at radius 2 is 0.697 bits per heavy atom. The minimum absolute atomic E-state index is 0.0133. The molecule has 11 aromatic rings. The molecule has 76 heavy (non-hydrogen) atoms. The van der Waals surface area contributed by atoms with Crippen molar-refractivity contribution in [2.45, 2.75) is 105 Å². The van der Waals surface area contributed by atoms with Gasteiger partial charge in [0.25, 0.3) is 13.4 Å². The van der Waals surface area contributed by atoms with Crippen molar-refractivity contribution in [1.82, 2.24) is 9.13 Å². The molecule has 0 bridgehead atoms. The second kappa shape index (κ2) is 15.0. The van der Waals surface area contributed by atoms with Crippen molar-refractivity contribution in [2.75, 3.05) is 0 Å². The Bertz CT molecular complexity index is 4100. The predicted octanol–water partition coefficient (Wildman–Crippen LogP) is 14.3. The molecule has 9 aromatic carbocycles. The number of ether oxygens (including phenoxy) is 2. The second-order valence-corrected chi connectivity index (χ2v) is 26.6. The van der Waals surface area contributed by atoms with Crippen LogP contribution in [0.2, 0.25) is 0 Å². The van der Waals surface area contributed by atoms with E-state index in [2.05, 4.69) is 250 Å². The Morgan fingerprint density at radius 1 is 0.316 bits per heavy atom. The maximum Gasteiger partial charge on any atom is 0.256 e. The standard InChI is InChI=1S/C70H62B2N2O2/c1-67(2,3)43-23-25-55-47(31-43)49-33-45(69(7,8)9)35-53-65(49)73(55)57-27-41(39-19-15-13-16-20-39)29-61-63(57)71(53)51-37-52-60(38-59(51)75-61)76-62-30-42(40-21-17-14-18-22-40)28-58-64(62)72(52)54-36-46(70(10,11)12)34-50-48-32-44(68(4,5)6)24-26-56(48)74(58)66(50)54/h13-38H,1-12H3. The van der Waals surface area contributed by atoms with Gasteiger partial charge in [-0.15, -0.1) is 0 Å². The highest BCUT2D eigenvalue weighted by molar-refractivity contribution is 7.02. The van der Waals surface area contributed by atoms with Gasteiger partial charge in [0.05, 0.1) is 11.0 Å². The van der Waals surface area contributed by atoms with Crippen molar-refractivity contribution in [3.8, 4) is 56.6 Å². The van der Waals surface area contributed by atoms with Gasteiger partial charge in [-0.25, -0.2) is 0 Å². The van der Waals surface area contributed by atoms with Gasteiger partial charge in [0.1, 0.15) is 23.0 Å². The second-order valence-electron chi connectivity index (χ2n) is 26.6. The van der Waals surface area contributed by atoms with Crippen molar-refractivity contribution >= 4 is 89.8 Å². The van der Waals surface area contributed by atoms with E-state index < -0.39 is 0 Å². The predicted molar refractivity (Wildman–Crippen MR) is 323 cm³/mol. The van der Waals surface area contributed by atoms with Gasteiger partial charge in [-0.2, -0.15) is 0 Å². The minimum atomic E-state index is -0.110. The van der Waals surface area contributed by atoms with Gasteiger partial charge in [0.2, 0.25) is 0 Å². The topological polar surface area (TPSA) is 28.3 Å². The molecule has 6 heterocycles. The van der Waals surface area contributed by atoms with E-state index in [9.17, 15) is 0 Å². The molecule has 0 spiro atoms. The summed E-state index contributed by atoms with van der Waals surface area (Å²) in [7, 11) is 0. The molecule has 4 nitrogen and oxygen atoms in total. The average Bonchev–Trinajstić information content (AvgIpc) is 4.03. The van der Waals surface area contributed by atoms with Gasteiger partial charge in [-0.1, -0.05) is 174 Å². The van der Waals surface area contributed by atoms with E-state index in [1.54, 1.807) is 0 Å². The normalized spacial score (nSPS) is 14.2. The molecular weight excluding hydrogens is 922 g/mol. The largest absolute Gasteiger partial charge is 0.458 e. The van der Waals surface area contributed by atoms with E-state index in [1.807, 2.05) is 0 Å². The van der Waals surface area contributed by atoms with Gasteiger partial charge in [0.15, 0.2) is 0 Å². The van der Waals surface area contributed by atoms with Crippen LogP contribution in [0, 0.1) is 0 Å². The third-order valence-electron chi connectivity index (χ3n) is 17.6. The quantitative estimate of drug-likeness (QED) is 0.162. The van der Waals surface area contributed by atoms with Crippen LogP contribution in [0.15, 0.2) is 158 Å². The summed E-state index contributed by atoms with van der Waals surface area (Å²) >= 11 is 0. The zero-order valence-electron chi connectivity index (χ0n) is 45.9. The fraction of sp³-hybridized carbons (Fsp3) is 0.229. The third-order valence-corrected chi connectivity index (χ3v) is 17.6. The average molecular weight is 985 g/mol. The van der Waals surface area contributed by atoms with E-state index in [-0.39, 0.29) is 35.1 Å². The SMILES string of the molecule is CC(C)(C)c1ccc2c(c1)c1cc(C(C)(C)C)cc3c1n2-c1cc(-c2ccccc2)cc2c1B3c1cc3c(cc1O2)Oc1cc(-c2ccccc2)cc2c1B3c1cc(C(C)(C)C)cc3c4cc(C(C)(C)C)ccc4n-2c13. The fourth-order valence-electron chi connectivity index (χ4n) is 13.5. The molecule has 0 unspecified atom stereocenters. The number of rotatable bonds is 2. The molecule has 0 saturated carbocycles. The molecule has 2 aromatic heterocycles. The van der Waals surface area contributed by atoms with Crippen molar-refractivity contribution in [1.29, 1.82) is 0 Å². The van der Waals surface area contributed by atoms with Crippen LogP contribution >= 0.6 is 0 Å². The van der Waals surface area contributed by atoms with Gasteiger partial charge in [0, 0.05) is 50.0 Å². The summed E-state index contributed by atoms with van der Waals surface area (Å²) in [6, 6.07) is 60.2. The molecule has 4 aliphatic rings. The molecule has 0 radical (unpaired) electrons. The molecule has 0 atom stereocenters. The van der Waals surface area contributed by atoms with Crippen LogP contribution in [0.25, 0.3) is 77.2 Å². The molecular formula is C70H62B2N2O2. The summed E-state index contributed by atoms with van der Waals surface area (Å²) < 4.78 is 20.1. The molecule has 0 saturated heterocycles. The van der Waals surface area contributed by atoms with Gasteiger partial charge in [-0.3, -0.25) is 0 Å². The van der Waals surface area contributed by atoms with Crippen LogP contribution < -0.4 is 42.3 Å². The van der Waals surface area contributed by atoms with E-state index in [0.717, 1.165) is 45.3 Å². The molecule has 6 heteroatoms. The summed E-state index contributed by atoms with van der Waals surface area (Å²) in [6.45, 7) is 27.9. The molecule has 4 aliphatic heterocycles. The first-order valence-corrected chi connectivity index (χ1v) is 27.5. The lowest BCUT2D eigenvalue weighted by Crippen LogP contribution is -2.62. The number of nitrogens with zero attached hydrogens (tertiary/aromatic N) is 2. The number of hydrogen-bond acceptors (Lipinski definition) is 2. The number of fused-ring (bicyclic) bond motifs is 14. The Balaban J connectivity index is 1.05. The lowest BCUT2D eigenvalue weighted by atomic mass is 9.31. The smallest absolute Gasteiger partial charge is 0.256 e. The summed E-state index contributed by atoms with van der Waals surface area (Å²) in [5, 5.41) is 5.20.